The quantitative estimate of drug-likeness (QED) is 0.794. The molecule has 15 heavy (non-hydrogen) atoms. The summed E-state index contributed by atoms with van der Waals surface area (Å²) in [5.74, 6) is 2.07. The molecule has 2 aliphatic carbocycles. The van der Waals surface area contributed by atoms with Gasteiger partial charge in [0.15, 0.2) is 0 Å². The monoisotopic (exact) mass is 227 g/mol. The molecule has 1 nitrogen and oxygen atoms in total. The van der Waals surface area contributed by atoms with Crippen LogP contribution in [0.3, 0.4) is 0 Å². The van der Waals surface area contributed by atoms with Crippen LogP contribution in [0.2, 0.25) is 0 Å². The van der Waals surface area contributed by atoms with E-state index in [0.717, 1.165) is 11.2 Å². The van der Waals surface area contributed by atoms with Gasteiger partial charge >= 0.3 is 0 Å². The third kappa shape index (κ3) is 3.67. The van der Waals surface area contributed by atoms with E-state index < -0.39 is 0 Å². The maximum Gasteiger partial charge on any atom is 0.0159 e. The summed E-state index contributed by atoms with van der Waals surface area (Å²) in [7, 11) is 0. The second kappa shape index (κ2) is 6.15. The minimum atomic E-state index is 0.486. The molecular formula is C13H25NS. The smallest absolute Gasteiger partial charge is 0.0159 e. The summed E-state index contributed by atoms with van der Waals surface area (Å²) in [4.78, 5) is 0. The van der Waals surface area contributed by atoms with Crippen LogP contribution in [0.1, 0.15) is 57.8 Å². The Morgan fingerprint density at radius 3 is 2.20 bits per heavy atom. The molecule has 2 N–H and O–H groups in total. The first-order valence-electron chi connectivity index (χ1n) is 6.73. The SMILES string of the molecule is NC(CSC1CCCCC1)C1CCCC1. The van der Waals surface area contributed by atoms with E-state index in [9.17, 15) is 0 Å². The lowest BCUT2D eigenvalue weighted by Crippen LogP contribution is -2.31. The molecule has 0 aromatic rings. The molecule has 0 amide bonds. The summed E-state index contributed by atoms with van der Waals surface area (Å²) in [6.45, 7) is 0. The highest BCUT2D eigenvalue weighted by atomic mass is 32.2. The molecule has 0 heterocycles. The zero-order valence-electron chi connectivity index (χ0n) is 9.79. The summed E-state index contributed by atoms with van der Waals surface area (Å²) in [6.07, 6.45) is 12.9. The molecule has 2 fully saturated rings. The lowest BCUT2D eigenvalue weighted by atomic mass is 10.0. The van der Waals surface area contributed by atoms with E-state index in [1.54, 1.807) is 0 Å². The average molecular weight is 227 g/mol. The van der Waals surface area contributed by atoms with Gasteiger partial charge in [0.25, 0.3) is 0 Å². The molecule has 0 spiro atoms. The largest absolute Gasteiger partial charge is 0.327 e. The molecule has 1 unspecified atom stereocenters. The number of rotatable bonds is 4. The van der Waals surface area contributed by atoms with Gasteiger partial charge in [0.1, 0.15) is 0 Å². The van der Waals surface area contributed by atoms with Gasteiger partial charge in [-0.25, -0.2) is 0 Å². The lowest BCUT2D eigenvalue weighted by molar-refractivity contribution is 0.461. The Bertz CT molecular complexity index is 171. The number of hydrogen-bond acceptors (Lipinski definition) is 2. The number of thioether (sulfide) groups is 1. The van der Waals surface area contributed by atoms with Gasteiger partial charge in [0.2, 0.25) is 0 Å². The van der Waals surface area contributed by atoms with Crippen molar-refractivity contribution in [2.24, 2.45) is 11.7 Å². The Morgan fingerprint density at radius 1 is 0.933 bits per heavy atom. The molecule has 0 bridgehead atoms. The van der Waals surface area contributed by atoms with Crippen molar-refractivity contribution in [1.29, 1.82) is 0 Å². The van der Waals surface area contributed by atoms with Gasteiger partial charge in [-0.2, -0.15) is 11.8 Å². The maximum absolute atomic E-state index is 6.28. The van der Waals surface area contributed by atoms with E-state index in [1.807, 2.05) is 0 Å². The number of hydrogen-bond donors (Lipinski definition) is 1. The Morgan fingerprint density at radius 2 is 1.53 bits per heavy atom. The van der Waals surface area contributed by atoms with Crippen molar-refractivity contribution >= 4 is 11.8 Å². The van der Waals surface area contributed by atoms with Crippen molar-refractivity contribution in [1.82, 2.24) is 0 Å². The summed E-state index contributed by atoms with van der Waals surface area (Å²) in [5.41, 5.74) is 6.28. The third-order valence-corrected chi connectivity index (χ3v) is 5.60. The molecule has 2 aliphatic rings. The van der Waals surface area contributed by atoms with Crippen LogP contribution in [0.4, 0.5) is 0 Å². The predicted molar refractivity (Wildman–Crippen MR) is 69.3 cm³/mol. The van der Waals surface area contributed by atoms with E-state index in [0.29, 0.717) is 6.04 Å². The highest BCUT2D eigenvalue weighted by Crippen LogP contribution is 2.32. The van der Waals surface area contributed by atoms with Crippen molar-refractivity contribution in [2.75, 3.05) is 5.75 Å². The summed E-state index contributed by atoms with van der Waals surface area (Å²) >= 11 is 2.17. The van der Waals surface area contributed by atoms with Crippen molar-refractivity contribution in [2.45, 2.75) is 69.1 Å². The Kier molecular flexibility index (Phi) is 4.83. The summed E-state index contributed by atoms with van der Waals surface area (Å²) in [6, 6.07) is 0.486. The molecule has 1 atom stereocenters. The fraction of sp³-hybridized carbons (Fsp3) is 1.00. The van der Waals surface area contributed by atoms with Crippen molar-refractivity contribution < 1.29 is 0 Å². The van der Waals surface area contributed by atoms with Gasteiger partial charge in [-0.15, -0.1) is 0 Å². The first kappa shape index (κ1) is 11.8. The summed E-state index contributed by atoms with van der Waals surface area (Å²) < 4.78 is 0. The standard InChI is InChI=1S/C13H25NS/c14-13(11-6-4-5-7-11)10-15-12-8-2-1-3-9-12/h11-13H,1-10,14H2. The van der Waals surface area contributed by atoms with Crippen LogP contribution in [-0.4, -0.2) is 17.0 Å². The van der Waals surface area contributed by atoms with Crippen LogP contribution in [0.15, 0.2) is 0 Å². The van der Waals surface area contributed by atoms with E-state index in [-0.39, 0.29) is 0 Å². The van der Waals surface area contributed by atoms with Gasteiger partial charge in [-0.05, 0) is 31.6 Å². The third-order valence-electron chi connectivity index (χ3n) is 4.08. The number of nitrogens with two attached hydrogens (primary N) is 1. The van der Waals surface area contributed by atoms with E-state index in [1.165, 1.54) is 63.5 Å². The zero-order chi connectivity index (χ0) is 10.5. The van der Waals surface area contributed by atoms with Crippen LogP contribution in [-0.2, 0) is 0 Å². The second-order valence-electron chi connectivity index (χ2n) is 5.30. The van der Waals surface area contributed by atoms with Crippen molar-refractivity contribution in [3.05, 3.63) is 0 Å². The predicted octanol–water partition coefficient (Wildman–Crippen LogP) is 3.57. The highest BCUT2D eigenvalue weighted by Gasteiger charge is 2.23. The summed E-state index contributed by atoms with van der Waals surface area (Å²) in [5, 5.41) is 0.936. The highest BCUT2D eigenvalue weighted by molar-refractivity contribution is 7.99. The molecule has 2 heteroatoms. The zero-order valence-corrected chi connectivity index (χ0v) is 10.6. The van der Waals surface area contributed by atoms with Gasteiger partial charge in [0, 0.05) is 17.0 Å². The molecule has 2 saturated carbocycles. The molecule has 88 valence electrons. The van der Waals surface area contributed by atoms with E-state index in [2.05, 4.69) is 11.8 Å². The molecule has 0 aliphatic heterocycles. The minimum Gasteiger partial charge on any atom is -0.327 e. The normalized spacial score (nSPS) is 27.0. The molecular weight excluding hydrogens is 202 g/mol. The van der Waals surface area contributed by atoms with E-state index in [4.69, 9.17) is 5.73 Å². The first-order chi connectivity index (χ1) is 7.36. The average Bonchev–Trinajstić information content (AvgIpc) is 2.81. The van der Waals surface area contributed by atoms with Crippen LogP contribution in [0, 0.1) is 5.92 Å². The van der Waals surface area contributed by atoms with Gasteiger partial charge in [0.05, 0.1) is 0 Å². The van der Waals surface area contributed by atoms with Crippen LogP contribution >= 0.6 is 11.8 Å². The Labute approximate surface area is 98.6 Å². The fourth-order valence-corrected chi connectivity index (χ4v) is 4.43. The van der Waals surface area contributed by atoms with Crippen LogP contribution in [0.5, 0.6) is 0 Å². The topological polar surface area (TPSA) is 26.0 Å². The fourth-order valence-electron chi connectivity index (χ4n) is 3.00. The first-order valence-corrected chi connectivity index (χ1v) is 7.78. The lowest BCUT2D eigenvalue weighted by Gasteiger charge is -2.24. The second-order valence-corrected chi connectivity index (χ2v) is 6.64. The van der Waals surface area contributed by atoms with Crippen LogP contribution < -0.4 is 5.73 Å². The molecule has 0 aromatic heterocycles. The van der Waals surface area contributed by atoms with Crippen molar-refractivity contribution in [3.8, 4) is 0 Å². The van der Waals surface area contributed by atoms with Gasteiger partial charge in [-0.3, -0.25) is 0 Å². The Balaban J connectivity index is 1.63. The minimum absolute atomic E-state index is 0.486. The van der Waals surface area contributed by atoms with Gasteiger partial charge in [-0.1, -0.05) is 32.1 Å². The molecule has 0 saturated heterocycles. The molecule has 0 aromatic carbocycles. The molecule has 2 rings (SSSR count). The van der Waals surface area contributed by atoms with Crippen LogP contribution in [0.25, 0.3) is 0 Å². The molecule has 0 radical (unpaired) electrons. The van der Waals surface area contributed by atoms with E-state index >= 15 is 0 Å². The van der Waals surface area contributed by atoms with Crippen molar-refractivity contribution in [3.63, 3.8) is 0 Å². The Hall–Kier alpha value is 0.310. The maximum atomic E-state index is 6.28. The van der Waals surface area contributed by atoms with Gasteiger partial charge < -0.3 is 5.73 Å².